The van der Waals surface area contributed by atoms with E-state index in [0.717, 1.165) is 41.2 Å². The SMILES string of the molecule is COc1ccc(NC(=O)CCCCc2nc3ccccc3s2)cc1. The summed E-state index contributed by atoms with van der Waals surface area (Å²) in [7, 11) is 1.62. The molecule has 0 radical (unpaired) electrons. The Hall–Kier alpha value is -2.40. The molecule has 24 heavy (non-hydrogen) atoms. The number of anilines is 1. The number of rotatable bonds is 7. The van der Waals surface area contributed by atoms with Crippen molar-refractivity contribution < 1.29 is 9.53 Å². The van der Waals surface area contributed by atoms with E-state index < -0.39 is 0 Å². The van der Waals surface area contributed by atoms with E-state index in [2.05, 4.69) is 16.4 Å². The summed E-state index contributed by atoms with van der Waals surface area (Å²) in [6, 6.07) is 15.5. The van der Waals surface area contributed by atoms with Gasteiger partial charge in [0.25, 0.3) is 0 Å². The molecule has 0 aliphatic heterocycles. The second kappa shape index (κ2) is 7.93. The zero-order chi connectivity index (χ0) is 16.8. The first-order chi connectivity index (χ1) is 11.7. The molecular formula is C19H20N2O2S. The average Bonchev–Trinajstić information content (AvgIpc) is 3.02. The van der Waals surface area contributed by atoms with E-state index >= 15 is 0 Å². The molecule has 0 spiro atoms. The summed E-state index contributed by atoms with van der Waals surface area (Å²) in [5.41, 5.74) is 1.86. The number of methoxy groups -OCH3 is 1. The second-order valence-corrected chi connectivity index (χ2v) is 6.67. The van der Waals surface area contributed by atoms with Gasteiger partial charge in [-0.2, -0.15) is 0 Å². The van der Waals surface area contributed by atoms with Gasteiger partial charge in [-0.25, -0.2) is 4.98 Å². The van der Waals surface area contributed by atoms with Gasteiger partial charge < -0.3 is 10.1 Å². The van der Waals surface area contributed by atoms with Crippen LogP contribution < -0.4 is 10.1 Å². The molecule has 0 unspecified atom stereocenters. The maximum absolute atomic E-state index is 12.0. The van der Waals surface area contributed by atoms with Crippen molar-refractivity contribution >= 4 is 33.1 Å². The Bertz CT molecular complexity index is 779. The highest BCUT2D eigenvalue weighted by Gasteiger charge is 2.05. The van der Waals surface area contributed by atoms with Gasteiger partial charge in [-0.3, -0.25) is 4.79 Å². The molecule has 0 saturated heterocycles. The van der Waals surface area contributed by atoms with E-state index in [-0.39, 0.29) is 5.91 Å². The topological polar surface area (TPSA) is 51.2 Å². The van der Waals surface area contributed by atoms with Crippen LogP contribution in [-0.4, -0.2) is 18.0 Å². The lowest BCUT2D eigenvalue weighted by atomic mass is 10.2. The van der Waals surface area contributed by atoms with Crippen LogP contribution in [0.3, 0.4) is 0 Å². The van der Waals surface area contributed by atoms with Crippen LogP contribution in [0.4, 0.5) is 5.69 Å². The van der Waals surface area contributed by atoms with Crippen LogP contribution in [0.2, 0.25) is 0 Å². The van der Waals surface area contributed by atoms with Crippen molar-refractivity contribution in [1.82, 2.24) is 4.98 Å². The number of unbranched alkanes of at least 4 members (excludes halogenated alkanes) is 1. The number of nitrogens with zero attached hydrogens (tertiary/aromatic N) is 1. The third-order valence-corrected chi connectivity index (χ3v) is 4.85. The number of amides is 1. The monoisotopic (exact) mass is 340 g/mol. The summed E-state index contributed by atoms with van der Waals surface area (Å²) in [6.07, 6.45) is 3.28. The number of carbonyl (C=O) groups is 1. The third kappa shape index (κ3) is 4.32. The Kier molecular flexibility index (Phi) is 5.43. The van der Waals surface area contributed by atoms with Crippen molar-refractivity contribution in [2.24, 2.45) is 0 Å². The van der Waals surface area contributed by atoms with Crippen LogP contribution >= 0.6 is 11.3 Å². The van der Waals surface area contributed by atoms with E-state index in [1.165, 1.54) is 4.70 Å². The van der Waals surface area contributed by atoms with Gasteiger partial charge in [0.05, 0.1) is 22.3 Å². The summed E-state index contributed by atoms with van der Waals surface area (Å²) < 4.78 is 6.33. The van der Waals surface area contributed by atoms with Crippen molar-refractivity contribution in [3.63, 3.8) is 0 Å². The number of nitrogens with one attached hydrogen (secondary N) is 1. The normalized spacial score (nSPS) is 10.7. The molecule has 1 heterocycles. The van der Waals surface area contributed by atoms with Crippen molar-refractivity contribution in [2.45, 2.75) is 25.7 Å². The fraction of sp³-hybridized carbons (Fsp3) is 0.263. The van der Waals surface area contributed by atoms with E-state index in [1.807, 2.05) is 42.5 Å². The Morgan fingerprint density at radius 3 is 2.67 bits per heavy atom. The lowest BCUT2D eigenvalue weighted by Gasteiger charge is -2.06. The number of aromatic nitrogens is 1. The zero-order valence-electron chi connectivity index (χ0n) is 13.6. The Balaban J connectivity index is 1.41. The summed E-state index contributed by atoms with van der Waals surface area (Å²) >= 11 is 1.74. The molecule has 0 saturated carbocycles. The largest absolute Gasteiger partial charge is 0.497 e. The fourth-order valence-corrected chi connectivity index (χ4v) is 3.50. The first-order valence-corrected chi connectivity index (χ1v) is 8.84. The Labute approximate surface area is 145 Å². The molecule has 0 bridgehead atoms. The minimum Gasteiger partial charge on any atom is -0.497 e. The molecule has 0 aliphatic rings. The minimum absolute atomic E-state index is 0.0458. The Morgan fingerprint density at radius 2 is 1.92 bits per heavy atom. The van der Waals surface area contributed by atoms with Gasteiger partial charge in [0.1, 0.15) is 5.75 Å². The van der Waals surface area contributed by atoms with E-state index in [9.17, 15) is 4.79 Å². The first kappa shape index (κ1) is 16.5. The smallest absolute Gasteiger partial charge is 0.224 e. The third-order valence-electron chi connectivity index (χ3n) is 3.76. The number of hydrogen-bond acceptors (Lipinski definition) is 4. The van der Waals surface area contributed by atoms with Gasteiger partial charge in [-0.15, -0.1) is 11.3 Å². The van der Waals surface area contributed by atoms with E-state index in [0.29, 0.717) is 6.42 Å². The fourth-order valence-electron chi connectivity index (χ4n) is 2.49. The molecule has 0 aliphatic carbocycles. The number of hydrogen-bond donors (Lipinski definition) is 1. The summed E-state index contributed by atoms with van der Waals surface area (Å²) in [4.78, 5) is 16.6. The molecule has 2 aromatic carbocycles. The number of para-hydroxylation sites is 1. The van der Waals surface area contributed by atoms with Gasteiger partial charge >= 0.3 is 0 Å². The molecule has 124 valence electrons. The van der Waals surface area contributed by atoms with Crippen LogP contribution in [-0.2, 0) is 11.2 Å². The molecular weight excluding hydrogens is 320 g/mol. The van der Waals surface area contributed by atoms with Crippen molar-refractivity contribution in [1.29, 1.82) is 0 Å². The molecule has 3 aromatic rings. The zero-order valence-corrected chi connectivity index (χ0v) is 14.4. The number of fused-ring (bicyclic) bond motifs is 1. The van der Waals surface area contributed by atoms with Crippen LogP contribution in [0.5, 0.6) is 5.75 Å². The molecule has 0 atom stereocenters. The predicted octanol–water partition coefficient (Wildman–Crippen LogP) is 4.66. The van der Waals surface area contributed by atoms with Crippen molar-refractivity contribution in [2.75, 3.05) is 12.4 Å². The van der Waals surface area contributed by atoms with Gasteiger partial charge in [0, 0.05) is 12.1 Å². The second-order valence-electron chi connectivity index (χ2n) is 5.56. The van der Waals surface area contributed by atoms with E-state index in [4.69, 9.17) is 4.74 Å². The molecule has 0 fully saturated rings. The van der Waals surface area contributed by atoms with Crippen molar-refractivity contribution in [3.05, 3.63) is 53.5 Å². The van der Waals surface area contributed by atoms with Gasteiger partial charge in [-0.1, -0.05) is 12.1 Å². The maximum atomic E-state index is 12.0. The van der Waals surface area contributed by atoms with Gasteiger partial charge in [-0.05, 0) is 55.7 Å². The predicted molar refractivity (Wildman–Crippen MR) is 98.8 cm³/mol. The molecule has 1 amide bonds. The molecule has 1 N–H and O–H groups in total. The summed E-state index contributed by atoms with van der Waals surface area (Å²) in [5.74, 6) is 0.827. The highest BCUT2D eigenvalue weighted by molar-refractivity contribution is 7.18. The highest BCUT2D eigenvalue weighted by Crippen LogP contribution is 2.23. The summed E-state index contributed by atoms with van der Waals surface area (Å²) in [6.45, 7) is 0. The van der Waals surface area contributed by atoms with Crippen LogP contribution in [0.1, 0.15) is 24.3 Å². The lowest BCUT2D eigenvalue weighted by molar-refractivity contribution is -0.116. The number of aryl methyl sites for hydroxylation is 1. The molecule has 4 nitrogen and oxygen atoms in total. The van der Waals surface area contributed by atoms with Gasteiger partial charge in [0.15, 0.2) is 0 Å². The standard InChI is InChI=1S/C19H20N2O2S/c1-23-15-12-10-14(11-13-15)20-18(22)8-4-5-9-19-21-16-6-2-3-7-17(16)24-19/h2-3,6-7,10-13H,4-5,8-9H2,1H3,(H,20,22). The maximum Gasteiger partial charge on any atom is 0.224 e. The van der Waals surface area contributed by atoms with E-state index in [1.54, 1.807) is 18.4 Å². The molecule has 3 rings (SSSR count). The average molecular weight is 340 g/mol. The number of ether oxygens (including phenoxy) is 1. The number of benzene rings is 2. The van der Waals surface area contributed by atoms with Crippen LogP contribution in [0.25, 0.3) is 10.2 Å². The quantitative estimate of drug-likeness (QED) is 0.637. The summed E-state index contributed by atoms with van der Waals surface area (Å²) in [5, 5.41) is 4.05. The Morgan fingerprint density at radius 1 is 1.12 bits per heavy atom. The minimum atomic E-state index is 0.0458. The van der Waals surface area contributed by atoms with Gasteiger partial charge in [0.2, 0.25) is 5.91 Å². The first-order valence-electron chi connectivity index (χ1n) is 8.03. The molecule has 1 aromatic heterocycles. The lowest BCUT2D eigenvalue weighted by Crippen LogP contribution is -2.11. The number of carbonyl (C=O) groups excluding carboxylic acids is 1. The molecule has 5 heteroatoms. The van der Waals surface area contributed by atoms with Crippen LogP contribution in [0, 0.1) is 0 Å². The van der Waals surface area contributed by atoms with Crippen LogP contribution in [0.15, 0.2) is 48.5 Å². The highest BCUT2D eigenvalue weighted by atomic mass is 32.1. The number of thiazole rings is 1. The van der Waals surface area contributed by atoms with Crippen molar-refractivity contribution in [3.8, 4) is 5.75 Å².